The first-order valence-electron chi connectivity index (χ1n) is 8.64. The molecule has 0 saturated heterocycles. The summed E-state index contributed by atoms with van der Waals surface area (Å²) in [5, 5.41) is 0. The predicted octanol–water partition coefficient (Wildman–Crippen LogP) is 5.37. The van der Waals surface area contributed by atoms with Crippen LogP contribution in [0.4, 0.5) is 0 Å². The van der Waals surface area contributed by atoms with Gasteiger partial charge in [-0.25, -0.2) is 0 Å². The molecule has 0 radical (unpaired) electrons. The topological polar surface area (TPSA) is 9.23 Å². The Balaban J connectivity index is 1.58. The third-order valence-corrected chi connectivity index (χ3v) is 5.38. The lowest BCUT2D eigenvalue weighted by atomic mass is 9.86. The Hall–Kier alpha value is -1.60. The molecule has 2 aliphatic rings. The molecule has 2 fully saturated rings. The van der Waals surface area contributed by atoms with Crippen molar-refractivity contribution in [2.75, 3.05) is 0 Å². The number of hydrogen-bond donors (Lipinski definition) is 0. The summed E-state index contributed by atoms with van der Waals surface area (Å²) in [4.78, 5) is 0. The summed E-state index contributed by atoms with van der Waals surface area (Å²) in [5.74, 6) is 1.83. The number of ether oxygens (including phenoxy) is 1. The van der Waals surface area contributed by atoms with Gasteiger partial charge in [-0.1, -0.05) is 73.5 Å². The number of fused-ring (bicyclic) bond motifs is 2. The minimum absolute atomic E-state index is 0.0740. The highest BCUT2D eigenvalue weighted by atomic mass is 16.5. The summed E-state index contributed by atoms with van der Waals surface area (Å²) in [6, 6.07) is 21.4. The minimum atomic E-state index is 0.0740. The van der Waals surface area contributed by atoms with Gasteiger partial charge in [0.2, 0.25) is 0 Å². The van der Waals surface area contributed by atoms with Crippen molar-refractivity contribution in [2.24, 2.45) is 11.8 Å². The van der Waals surface area contributed by atoms with E-state index in [0.29, 0.717) is 6.10 Å². The number of hydrogen-bond acceptors (Lipinski definition) is 1. The molecule has 0 amide bonds. The highest BCUT2D eigenvalue weighted by molar-refractivity contribution is 5.30. The molecule has 4 rings (SSSR count). The maximum Gasteiger partial charge on any atom is 0.108 e. The van der Waals surface area contributed by atoms with Gasteiger partial charge in [0.15, 0.2) is 0 Å². The van der Waals surface area contributed by atoms with Crippen LogP contribution in [-0.4, -0.2) is 6.10 Å². The molecule has 0 aliphatic heterocycles. The third-order valence-electron chi connectivity index (χ3n) is 5.38. The maximum absolute atomic E-state index is 6.64. The van der Waals surface area contributed by atoms with Crippen LogP contribution in [0.2, 0.25) is 0 Å². The fraction of sp³-hybridized carbons (Fsp3) is 0.429. The zero-order chi connectivity index (χ0) is 14.8. The van der Waals surface area contributed by atoms with Gasteiger partial charge in [0, 0.05) is 0 Å². The van der Waals surface area contributed by atoms with Gasteiger partial charge < -0.3 is 4.74 Å². The Kier molecular flexibility index (Phi) is 3.99. The molecular weight excluding hydrogens is 268 g/mol. The van der Waals surface area contributed by atoms with Crippen LogP contribution < -0.4 is 0 Å². The summed E-state index contributed by atoms with van der Waals surface area (Å²) in [7, 11) is 0. The van der Waals surface area contributed by atoms with Crippen molar-refractivity contribution in [3.63, 3.8) is 0 Å². The van der Waals surface area contributed by atoms with Crippen LogP contribution in [0, 0.1) is 11.8 Å². The molecule has 1 nitrogen and oxygen atoms in total. The highest BCUT2D eigenvalue weighted by Crippen LogP contribution is 2.44. The standard InChI is InChI=1S/C21H24O/c1-3-7-18(8-4-1)21(19-9-5-2-6-10-19)22-20-14-16-11-12-17(13-16)15-20/h1-10,16-17,20-21H,11-15H2. The lowest BCUT2D eigenvalue weighted by molar-refractivity contribution is -0.0268. The minimum Gasteiger partial charge on any atom is -0.366 e. The van der Waals surface area contributed by atoms with Gasteiger partial charge in [0.05, 0.1) is 6.10 Å². The lowest BCUT2D eigenvalue weighted by Crippen LogP contribution is -2.25. The Bertz CT molecular complexity index is 540. The largest absolute Gasteiger partial charge is 0.366 e. The van der Waals surface area contributed by atoms with E-state index < -0.39 is 0 Å². The summed E-state index contributed by atoms with van der Waals surface area (Å²) >= 11 is 0. The van der Waals surface area contributed by atoms with Gasteiger partial charge >= 0.3 is 0 Å². The quantitative estimate of drug-likeness (QED) is 0.736. The van der Waals surface area contributed by atoms with E-state index in [0.717, 1.165) is 11.8 Å². The average molecular weight is 292 g/mol. The van der Waals surface area contributed by atoms with E-state index in [4.69, 9.17) is 4.74 Å². The van der Waals surface area contributed by atoms with Crippen molar-refractivity contribution in [3.05, 3.63) is 71.8 Å². The van der Waals surface area contributed by atoms with E-state index in [-0.39, 0.29) is 6.10 Å². The maximum atomic E-state index is 6.64. The van der Waals surface area contributed by atoms with Crippen LogP contribution in [-0.2, 0) is 4.74 Å². The van der Waals surface area contributed by atoms with E-state index in [9.17, 15) is 0 Å². The summed E-state index contributed by atoms with van der Waals surface area (Å²) < 4.78 is 6.64. The van der Waals surface area contributed by atoms with Crippen molar-refractivity contribution >= 4 is 0 Å². The molecule has 22 heavy (non-hydrogen) atoms. The second-order valence-corrected chi connectivity index (χ2v) is 6.98. The van der Waals surface area contributed by atoms with E-state index in [1.165, 1.54) is 43.2 Å². The van der Waals surface area contributed by atoms with E-state index in [1.54, 1.807) is 0 Å². The first-order chi connectivity index (χ1) is 10.9. The van der Waals surface area contributed by atoms with E-state index in [2.05, 4.69) is 60.7 Å². The Morgan fingerprint density at radius 3 is 1.68 bits per heavy atom. The molecule has 2 aromatic carbocycles. The molecule has 0 spiro atoms. The van der Waals surface area contributed by atoms with Gasteiger partial charge in [-0.05, 0) is 42.2 Å². The number of rotatable bonds is 4. The summed E-state index contributed by atoms with van der Waals surface area (Å²) in [6.07, 6.45) is 7.31. The molecule has 114 valence electrons. The van der Waals surface area contributed by atoms with Crippen molar-refractivity contribution in [1.29, 1.82) is 0 Å². The Labute approximate surface area is 133 Å². The molecule has 0 aromatic heterocycles. The number of benzene rings is 2. The Morgan fingerprint density at radius 1 is 0.682 bits per heavy atom. The predicted molar refractivity (Wildman–Crippen MR) is 89.7 cm³/mol. The van der Waals surface area contributed by atoms with Crippen LogP contribution in [0.5, 0.6) is 0 Å². The normalized spacial score (nSPS) is 27.2. The van der Waals surface area contributed by atoms with Crippen LogP contribution in [0.1, 0.15) is 49.3 Å². The molecular formula is C21H24O. The van der Waals surface area contributed by atoms with Gasteiger partial charge in [-0.3, -0.25) is 0 Å². The van der Waals surface area contributed by atoms with Crippen molar-refractivity contribution in [3.8, 4) is 0 Å². The van der Waals surface area contributed by atoms with E-state index in [1.807, 2.05) is 0 Å². The first-order valence-corrected chi connectivity index (χ1v) is 8.64. The highest BCUT2D eigenvalue weighted by Gasteiger charge is 2.35. The fourth-order valence-corrected chi connectivity index (χ4v) is 4.36. The monoisotopic (exact) mass is 292 g/mol. The molecule has 1 heteroatoms. The average Bonchev–Trinajstić information content (AvgIpc) is 2.93. The van der Waals surface area contributed by atoms with Crippen LogP contribution >= 0.6 is 0 Å². The second-order valence-electron chi connectivity index (χ2n) is 6.98. The molecule has 2 aromatic rings. The zero-order valence-electron chi connectivity index (χ0n) is 13.0. The fourth-order valence-electron chi connectivity index (χ4n) is 4.36. The van der Waals surface area contributed by atoms with Crippen LogP contribution in [0.25, 0.3) is 0 Å². The van der Waals surface area contributed by atoms with Crippen molar-refractivity contribution in [2.45, 2.75) is 44.3 Å². The molecule has 2 atom stereocenters. The molecule has 0 N–H and O–H groups in total. The van der Waals surface area contributed by atoms with Gasteiger partial charge in [0.25, 0.3) is 0 Å². The third kappa shape index (κ3) is 2.96. The SMILES string of the molecule is c1ccc(C(OC2CC3CCC(C3)C2)c2ccccc2)cc1. The van der Waals surface area contributed by atoms with Crippen LogP contribution in [0.15, 0.2) is 60.7 Å². The van der Waals surface area contributed by atoms with Gasteiger partial charge in [0.1, 0.15) is 6.10 Å². The van der Waals surface area contributed by atoms with Crippen molar-refractivity contribution < 1.29 is 4.74 Å². The second kappa shape index (κ2) is 6.26. The summed E-state index contributed by atoms with van der Waals surface area (Å²) in [6.45, 7) is 0. The van der Waals surface area contributed by atoms with E-state index >= 15 is 0 Å². The molecule has 2 saturated carbocycles. The molecule has 2 unspecified atom stereocenters. The summed E-state index contributed by atoms with van der Waals surface area (Å²) in [5.41, 5.74) is 2.54. The molecule has 2 aliphatic carbocycles. The van der Waals surface area contributed by atoms with Gasteiger partial charge in [-0.2, -0.15) is 0 Å². The zero-order valence-corrected chi connectivity index (χ0v) is 13.0. The molecule has 2 bridgehead atoms. The van der Waals surface area contributed by atoms with Gasteiger partial charge in [-0.15, -0.1) is 0 Å². The Morgan fingerprint density at radius 2 is 1.18 bits per heavy atom. The lowest BCUT2D eigenvalue weighted by Gasteiger charge is -2.31. The smallest absolute Gasteiger partial charge is 0.108 e. The molecule has 0 heterocycles. The van der Waals surface area contributed by atoms with Crippen molar-refractivity contribution in [1.82, 2.24) is 0 Å². The first kappa shape index (κ1) is 14.0. The van der Waals surface area contributed by atoms with Crippen LogP contribution in [0.3, 0.4) is 0 Å².